The number of nitrogens with zero attached hydrogens (tertiary/aromatic N) is 1. The molecule has 0 aromatic heterocycles. The van der Waals surface area contributed by atoms with Crippen LogP contribution in [0.2, 0.25) is 0 Å². The van der Waals surface area contributed by atoms with Gasteiger partial charge in [-0.15, -0.1) is 0 Å². The highest BCUT2D eigenvalue weighted by atomic mass is 19.4. The van der Waals surface area contributed by atoms with E-state index < -0.39 is 17.8 Å². The first-order valence-electron chi connectivity index (χ1n) is 11.8. The highest BCUT2D eigenvalue weighted by Gasteiger charge is 2.30. The van der Waals surface area contributed by atoms with E-state index in [1.807, 2.05) is 30.3 Å². The quantitative estimate of drug-likeness (QED) is 0.380. The lowest BCUT2D eigenvalue weighted by Crippen LogP contribution is -2.29. The summed E-state index contributed by atoms with van der Waals surface area (Å²) < 4.78 is 38.9. The van der Waals surface area contributed by atoms with Crippen LogP contribution >= 0.6 is 0 Å². The minimum absolute atomic E-state index is 0.00916. The Balaban J connectivity index is 1.46. The van der Waals surface area contributed by atoms with E-state index in [-0.39, 0.29) is 11.6 Å². The Kier molecular flexibility index (Phi) is 7.77. The Hall–Kier alpha value is -4.01. The summed E-state index contributed by atoms with van der Waals surface area (Å²) in [6.07, 6.45) is -1.76. The van der Waals surface area contributed by atoms with Gasteiger partial charge in [-0.25, -0.2) is 4.79 Å². The highest BCUT2D eigenvalue weighted by Crippen LogP contribution is 2.31. The van der Waals surface area contributed by atoms with Gasteiger partial charge in [0, 0.05) is 36.7 Å². The molecule has 36 heavy (non-hydrogen) atoms. The Morgan fingerprint density at radius 2 is 1.53 bits per heavy atom. The molecule has 1 saturated heterocycles. The van der Waals surface area contributed by atoms with Crippen LogP contribution < -0.4 is 20.9 Å². The third-order valence-corrected chi connectivity index (χ3v) is 5.94. The molecule has 0 aliphatic carbocycles. The monoisotopic (exact) mass is 496 g/mol. The van der Waals surface area contributed by atoms with Gasteiger partial charge in [0.2, 0.25) is 0 Å². The first-order chi connectivity index (χ1) is 17.3. The van der Waals surface area contributed by atoms with Gasteiger partial charge in [-0.3, -0.25) is 4.79 Å². The maximum Gasteiger partial charge on any atom is 0.416 e. The van der Waals surface area contributed by atoms with Crippen LogP contribution in [0.3, 0.4) is 0 Å². The number of hydrogen-bond acceptors (Lipinski definition) is 3. The predicted octanol–water partition coefficient (Wildman–Crippen LogP) is 5.92. The maximum absolute atomic E-state index is 13.1. The molecule has 0 bridgehead atoms. The molecule has 0 radical (unpaired) electrons. The Labute approximate surface area is 207 Å². The second-order valence-electron chi connectivity index (χ2n) is 8.58. The molecule has 1 aliphatic rings. The molecular weight excluding hydrogens is 469 g/mol. The van der Waals surface area contributed by atoms with Crippen LogP contribution in [0.25, 0.3) is 0 Å². The largest absolute Gasteiger partial charge is 0.416 e. The van der Waals surface area contributed by atoms with E-state index in [4.69, 9.17) is 0 Å². The molecule has 9 heteroatoms. The van der Waals surface area contributed by atoms with Crippen LogP contribution in [0.5, 0.6) is 0 Å². The standard InChI is InChI=1S/C27H27F3N4O2/c28-27(29,30)20-9-6-10-21(17-20)32-26(36)33-22-11-12-24(34-15-4-5-16-34)23(18-22)25(35)31-14-13-19-7-2-1-3-8-19/h1-3,6-12,17-18H,4-5,13-16H2,(H,31,35)(H2,32,33,36). The minimum atomic E-state index is -4.51. The van der Waals surface area contributed by atoms with Gasteiger partial charge in [0.1, 0.15) is 0 Å². The average molecular weight is 497 g/mol. The van der Waals surface area contributed by atoms with Crippen LogP contribution in [-0.2, 0) is 12.6 Å². The molecule has 3 amide bonds. The van der Waals surface area contributed by atoms with Crippen molar-refractivity contribution in [3.05, 3.63) is 89.5 Å². The number of nitrogens with one attached hydrogen (secondary N) is 3. The number of rotatable bonds is 7. The third-order valence-electron chi connectivity index (χ3n) is 5.94. The van der Waals surface area contributed by atoms with Crippen LogP contribution in [0.1, 0.15) is 34.3 Å². The number of halogens is 3. The van der Waals surface area contributed by atoms with Crippen LogP contribution in [0, 0.1) is 0 Å². The number of hydrogen-bond donors (Lipinski definition) is 3. The summed E-state index contributed by atoms with van der Waals surface area (Å²) in [6.45, 7) is 2.14. The smallest absolute Gasteiger partial charge is 0.371 e. The van der Waals surface area contributed by atoms with Gasteiger partial charge in [0.05, 0.1) is 11.1 Å². The van der Waals surface area contributed by atoms with Crippen LogP contribution in [0.15, 0.2) is 72.8 Å². The van der Waals surface area contributed by atoms with E-state index in [1.165, 1.54) is 12.1 Å². The molecule has 0 atom stereocenters. The molecule has 1 aliphatic heterocycles. The van der Waals surface area contributed by atoms with Gasteiger partial charge in [-0.05, 0) is 61.2 Å². The van der Waals surface area contributed by atoms with E-state index in [1.54, 1.807) is 18.2 Å². The average Bonchev–Trinajstić information content (AvgIpc) is 3.39. The minimum Gasteiger partial charge on any atom is -0.371 e. The molecular formula is C27H27F3N4O2. The molecule has 0 unspecified atom stereocenters. The van der Waals surface area contributed by atoms with E-state index >= 15 is 0 Å². The number of carbonyl (C=O) groups excluding carboxylic acids is 2. The summed E-state index contributed by atoms with van der Waals surface area (Å²) in [4.78, 5) is 27.7. The Bertz CT molecular complexity index is 1210. The molecule has 188 valence electrons. The van der Waals surface area contributed by atoms with Gasteiger partial charge in [-0.2, -0.15) is 13.2 Å². The molecule has 4 rings (SSSR count). The summed E-state index contributed by atoms with van der Waals surface area (Å²) in [5, 5.41) is 7.98. The van der Waals surface area contributed by atoms with Crippen LogP contribution in [-0.4, -0.2) is 31.6 Å². The lowest BCUT2D eigenvalue weighted by molar-refractivity contribution is -0.137. The van der Waals surface area contributed by atoms with Crippen molar-refractivity contribution in [1.29, 1.82) is 0 Å². The SMILES string of the molecule is O=C(Nc1cccc(C(F)(F)F)c1)Nc1ccc(N2CCCC2)c(C(=O)NCCc2ccccc2)c1. The van der Waals surface area contributed by atoms with Crippen LogP contribution in [0.4, 0.5) is 35.0 Å². The number of amides is 3. The zero-order chi connectivity index (χ0) is 25.5. The molecule has 3 aromatic rings. The molecule has 0 saturated carbocycles. The second-order valence-corrected chi connectivity index (χ2v) is 8.58. The van der Waals surface area contributed by atoms with E-state index in [0.717, 1.165) is 49.3 Å². The first-order valence-corrected chi connectivity index (χ1v) is 11.8. The fourth-order valence-corrected chi connectivity index (χ4v) is 4.16. The number of carbonyl (C=O) groups is 2. The number of alkyl halides is 3. The molecule has 1 fully saturated rings. The fourth-order valence-electron chi connectivity index (χ4n) is 4.16. The molecule has 6 nitrogen and oxygen atoms in total. The summed E-state index contributed by atoms with van der Waals surface area (Å²) in [6, 6.07) is 18.6. The summed E-state index contributed by atoms with van der Waals surface area (Å²) in [5.74, 6) is -0.255. The second kappa shape index (κ2) is 11.2. The van der Waals surface area contributed by atoms with Crippen molar-refractivity contribution >= 4 is 29.0 Å². The summed E-state index contributed by atoms with van der Waals surface area (Å²) >= 11 is 0. The first kappa shape index (κ1) is 25.1. The lowest BCUT2D eigenvalue weighted by Gasteiger charge is -2.22. The van der Waals surface area contributed by atoms with Crippen molar-refractivity contribution in [2.75, 3.05) is 35.2 Å². The zero-order valence-electron chi connectivity index (χ0n) is 19.6. The Morgan fingerprint density at radius 3 is 2.22 bits per heavy atom. The van der Waals surface area contributed by atoms with Gasteiger partial charge in [-0.1, -0.05) is 36.4 Å². The van der Waals surface area contributed by atoms with Gasteiger partial charge in [0.25, 0.3) is 5.91 Å². The van der Waals surface area contributed by atoms with Gasteiger partial charge < -0.3 is 20.9 Å². The molecule has 1 heterocycles. The third kappa shape index (κ3) is 6.56. The number of benzene rings is 3. The zero-order valence-corrected chi connectivity index (χ0v) is 19.6. The number of anilines is 3. The van der Waals surface area contributed by atoms with Crippen molar-refractivity contribution in [3.8, 4) is 0 Å². The highest BCUT2D eigenvalue weighted by molar-refractivity contribution is 6.04. The lowest BCUT2D eigenvalue weighted by atomic mass is 10.1. The van der Waals surface area contributed by atoms with E-state index in [2.05, 4.69) is 20.9 Å². The van der Waals surface area contributed by atoms with E-state index in [9.17, 15) is 22.8 Å². The van der Waals surface area contributed by atoms with Crippen molar-refractivity contribution in [2.45, 2.75) is 25.4 Å². The van der Waals surface area contributed by atoms with E-state index in [0.29, 0.717) is 24.2 Å². The van der Waals surface area contributed by atoms with Crippen molar-refractivity contribution < 1.29 is 22.8 Å². The normalized spacial score (nSPS) is 13.4. The molecule has 3 N–H and O–H groups in total. The Morgan fingerprint density at radius 1 is 0.833 bits per heavy atom. The van der Waals surface area contributed by atoms with Crippen molar-refractivity contribution in [3.63, 3.8) is 0 Å². The van der Waals surface area contributed by atoms with Crippen molar-refractivity contribution in [1.82, 2.24) is 5.32 Å². The fraction of sp³-hybridized carbons (Fsp3) is 0.259. The number of urea groups is 1. The van der Waals surface area contributed by atoms with Gasteiger partial charge in [0.15, 0.2) is 0 Å². The predicted molar refractivity (Wildman–Crippen MR) is 134 cm³/mol. The van der Waals surface area contributed by atoms with Gasteiger partial charge >= 0.3 is 12.2 Å². The molecule has 0 spiro atoms. The van der Waals surface area contributed by atoms with Crippen molar-refractivity contribution in [2.24, 2.45) is 0 Å². The molecule has 3 aromatic carbocycles. The topological polar surface area (TPSA) is 73.5 Å². The summed E-state index contributed by atoms with van der Waals surface area (Å²) in [5.41, 5.74) is 1.84. The maximum atomic E-state index is 13.1. The summed E-state index contributed by atoms with van der Waals surface area (Å²) in [7, 11) is 0.